The summed E-state index contributed by atoms with van der Waals surface area (Å²) in [4.78, 5) is 22.2. The maximum Gasteiger partial charge on any atom is 0.328 e. The smallest absolute Gasteiger partial charge is 0.328 e. The molecular weight excluding hydrogens is 170 g/mol. The monoisotopic (exact) mass is 185 g/mol. The van der Waals surface area contributed by atoms with Crippen LogP contribution in [0.25, 0.3) is 0 Å². The molecule has 1 rings (SSSR count). The number of hydrogen-bond acceptors (Lipinski definition) is 3. The standard InChI is InChI=1S/C9H15NO3/c1-10-7(9(12)13)8(11)6-4-2-3-5-6/h6-7,10H,2-5H2,1H3,(H,12,13). The largest absolute Gasteiger partial charge is 0.480 e. The van der Waals surface area contributed by atoms with Gasteiger partial charge in [0.15, 0.2) is 11.8 Å². The second kappa shape index (κ2) is 4.37. The minimum Gasteiger partial charge on any atom is -0.480 e. The number of hydrogen-bond donors (Lipinski definition) is 2. The maximum atomic E-state index is 11.6. The molecule has 2 N–H and O–H groups in total. The van der Waals surface area contributed by atoms with Crippen LogP contribution < -0.4 is 5.32 Å². The Morgan fingerprint density at radius 1 is 1.38 bits per heavy atom. The second-order valence-corrected chi connectivity index (χ2v) is 3.44. The van der Waals surface area contributed by atoms with Crippen molar-refractivity contribution in [3.05, 3.63) is 0 Å². The summed E-state index contributed by atoms with van der Waals surface area (Å²) in [5, 5.41) is 11.2. The summed E-state index contributed by atoms with van der Waals surface area (Å²) in [7, 11) is 1.51. The van der Waals surface area contributed by atoms with Crippen LogP contribution in [0.3, 0.4) is 0 Å². The van der Waals surface area contributed by atoms with Crippen molar-refractivity contribution in [1.29, 1.82) is 0 Å². The van der Waals surface area contributed by atoms with Crippen LogP contribution in [0.15, 0.2) is 0 Å². The zero-order chi connectivity index (χ0) is 9.84. The van der Waals surface area contributed by atoms with Crippen molar-refractivity contribution in [2.24, 2.45) is 5.92 Å². The molecule has 1 aliphatic carbocycles. The van der Waals surface area contributed by atoms with Crippen molar-refractivity contribution in [3.63, 3.8) is 0 Å². The van der Waals surface area contributed by atoms with Crippen LogP contribution in [0.4, 0.5) is 0 Å². The normalized spacial score (nSPS) is 20.1. The first-order chi connectivity index (χ1) is 6.16. The number of likely N-dealkylation sites (N-methyl/N-ethyl adjacent to an activating group) is 1. The van der Waals surface area contributed by atoms with Crippen LogP contribution in [0.1, 0.15) is 25.7 Å². The van der Waals surface area contributed by atoms with Crippen molar-refractivity contribution in [3.8, 4) is 0 Å². The maximum absolute atomic E-state index is 11.6. The molecule has 0 aromatic rings. The Hall–Kier alpha value is -0.900. The van der Waals surface area contributed by atoms with Crippen molar-refractivity contribution >= 4 is 11.8 Å². The molecule has 0 amide bonds. The van der Waals surface area contributed by atoms with E-state index >= 15 is 0 Å². The summed E-state index contributed by atoms with van der Waals surface area (Å²) < 4.78 is 0. The van der Waals surface area contributed by atoms with Gasteiger partial charge in [-0.15, -0.1) is 0 Å². The number of rotatable bonds is 4. The summed E-state index contributed by atoms with van der Waals surface area (Å²) >= 11 is 0. The van der Waals surface area contributed by atoms with E-state index in [0.29, 0.717) is 0 Å². The van der Waals surface area contributed by atoms with Crippen LogP contribution in [-0.4, -0.2) is 29.9 Å². The number of carboxylic acids is 1. The van der Waals surface area contributed by atoms with Crippen LogP contribution >= 0.6 is 0 Å². The Labute approximate surface area is 77.3 Å². The van der Waals surface area contributed by atoms with Gasteiger partial charge in [-0.25, -0.2) is 0 Å². The molecule has 0 saturated heterocycles. The molecule has 1 fully saturated rings. The Balaban J connectivity index is 2.57. The van der Waals surface area contributed by atoms with E-state index < -0.39 is 12.0 Å². The van der Waals surface area contributed by atoms with E-state index in [9.17, 15) is 9.59 Å². The Bertz CT molecular complexity index is 209. The average Bonchev–Trinajstić information content (AvgIpc) is 2.56. The molecule has 0 heterocycles. The van der Waals surface area contributed by atoms with Gasteiger partial charge in [0.25, 0.3) is 0 Å². The van der Waals surface area contributed by atoms with Gasteiger partial charge >= 0.3 is 5.97 Å². The van der Waals surface area contributed by atoms with Crippen molar-refractivity contribution in [2.45, 2.75) is 31.7 Å². The predicted octanol–water partition coefficient (Wildman–Crippen LogP) is 0.418. The summed E-state index contributed by atoms with van der Waals surface area (Å²) in [5.41, 5.74) is 0. The number of carboxylic acid groups (broad SMARTS) is 1. The molecule has 4 nitrogen and oxygen atoms in total. The molecule has 13 heavy (non-hydrogen) atoms. The minimum absolute atomic E-state index is 0.0338. The first-order valence-electron chi connectivity index (χ1n) is 4.60. The number of aliphatic carboxylic acids is 1. The van der Waals surface area contributed by atoms with Crippen LogP contribution in [0, 0.1) is 5.92 Å². The highest BCUT2D eigenvalue weighted by Gasteiger charge is 2.32. The number of carbonyl (C=O) groups is 2. The van der Waals surface area contributed by atoms with E-state index in [-0.39, 0.29) is 11.7 Å². The Morgan fingerprint density at radius 3 is 2.31 bits per heavy atom. The lowest BCUT2D eigenvalue weighted by atomic mass is 9.97. The lowest BCUT2D eigenvalue weighted by molar-refractivity contribution is -0.144. The fraction of sp³-hybridized carbons (Fsp3) is 0.778. The van der Waals surface area contributed by atoms with Gasteiger partial charge in [0.2, 0.25) is 0 Å². The molecule has 1 saturated carbocycles. The van der Waals surface area contributed by atoms with E-state index in [2.05, 4.69) is 5.32 Å². The molecular formula is C9H15NO3. The molecule has 0 radical (unpaired) electrons. The molecule has 0 aliphatic heterocycles. The fourth-order valence-corrected chi connectivity index (χ4v) is 1.83. The summed E-state index contributed by atoms with van der Waals surface area (Å²) in [6.07, 6.45) is 3.80. The van der Waals surface area contributed by atoms with Crippen molar-refractivity contribution in [1.82, 2.24) is 5.32 Å². The SMILES string of the molecule is CNC(C(=O)O)C(=O)C1CCCC1. The van der Waals surface area contributed by atoms with Gasteiger partial charge in [-0.05, 0) is 19.9 Å². The highest BCUT2D eigenvalue weighted by Crippen LogP contribution is 2.26. The second-order valence-electron chi connectivity index (χ2n) is 3.44. The Kier molecular flexibility index (Phi) is 3.42. The van der Waals surface area contributed by atoms with Gasteiger partial charge in [-0.1, -0.05) is 12.8 Å². The number of nitrogens with one attached hydrogen (secondary N) is 1. The number of carbonyl (C=O) groups excluding carboxylic acids is 1. The van der Waals surface area contributed by atoms with E-state index in [4.69, 9.17) is 5.11 Å². The molecule has 0 aromatic heterocycles. The van der Waals surface area contributed by atoms with Gasteiger partial charge in [0.05, 0.1) is 0 Å². The van der Waals surface area contributed by atoms with E-state index in [1.807, 2.05) is 0 Å². The lowest BCUT2D eigenvalue weighted by Gasteiger charge is -2.14. The third kappa shape index (κ3) is 2.28. The summed E-state index contributed by atoms with van der Waals surface area (Å²) in [6.45, 7) is 0. The third-order valence-electron chi connectivity index (χ3n) is 2.58. The van der Waals surface area contributed by atoms with E-state index in [1.165, 1.54) is 7.05 Å². The molecule has 0 bridgehead atoms. The summed E-state index contributed by atoms with van der Waals surface area (Å²) in [6, 6.07) is -1.01. The quantitative estimate of drug-likeness (QED) is 0.623. The molecule has 1 atom stereocenters. The molecule has 0 spiro atoms. The first kappa shape index (κ1) is 10.2. The first-order valence-corrected chi connectivity index (χ1v) is 4.60. The fourth-order valence-electron chi connectivity index (χ4n) is 1.83. The molecule has 0 aromatic carbocycles. The molecule has 74 valence electrons. The molecule has 1 aliphatic rings. The van der Waals surface area contributed by atoms with E-state index in [1.54, 1.807) is 0 Å². The highest BCUT2D eigenvalue weighted by molar-refractivity contribution is 6.03. The van der Waals surface area contributed by atoms with Gasteiger partial charge in [0.1, 0.15) is 0 Å². The number of Topliss-reactive ketones (excluding diaryl/α,β-unsaturated/α-hetero) is 1. The van der Waals surface area contributed by atoms with Crippen molar-refractivity contribution in [2.75, 3.05) is 7.05 Å². The topological polar surface area (TPSA) is 66.4 Å². The van der Waals surface area contributed by atoms with Crippen LogP contribution in [0.2, 0.25) is 0 Å². The highest BCUT2D eigenvalue weighted by atomic mass is 16.4. The molecule has 1 unspecified atom stereocenters. The van der Waals surface area contributed by atoms with E-state index in [0.717, 1.165) is 25.7 Å². The zero-order valence-corrected chi connectivity index (χ0v) is 7.75. The predicted molar refractivity (Wildman–Crippen MR) is 47.4 cm³/mol. The lowest BCUT2D eigenvalue weighted by Crippen LogP contribution is -2.43. The van der Waals surface area contributed by atoms with Gasteiger partial charge in [-0.2, -0.15) is 0 Å². The Morgan fingerprint density at radius 2 is 1.92 bits per heavy atom. The van der Waals surface area contributed by atoms with Gasteiger partial charge < -0.3 is 10.4 Å². The van der Waals surface area contributed by atoms with Crippen LogP contribution in [0.5, 0.6) is 0 Å². The van der Waals surface area contributed by atoms with Crippen LogP contribution in [-0.2, 0) is 9.59 Å². The zero-order valence-electron chi connectivity index (χ0n) is 7.75. The van der Waals surface area contributed by atoms with Crippen molar-refractivity contribution < 1.29 is 14.7 Å². The number of ketones is 1. The average molecular weight is 185 g/mol. The minimum atomic E-state index is -1.07. The molecule has 4 heteroatoms. The summed E-state index contributed by atoms with van der Waals surface area (Å²) in [5.74, 6) is -1.26. The van der Waals surface area contributed by atoms with Gasteiger partial charge in [-0.3, -0.25) is 9.59 Å². The third-order valence-corrected chi connectivity index (χ3v) is 2.58. The van der Waals surface area contributed by atoms with Gasteiger partial charge in [0, 0.05) is 5.92 Å².